The predicted molar refractivity (Wildman–Crippen MR) is 125 cm³/mol. The van der Waals surface area contributed by atoms with Crippen molar-refractivity contribution in [1.82, 2.24) is 14.5 Å². The van der Waals surface area contributed by atoms with Gasteiger partial charge in [0.05, 0.1) is 21.5 Å². The molecule has 0 unspecified atom stereocenters. The van der Waals surface area contributed by atoms with Crippen molar-refractivity contribution in [3.05, 3.63) is 81.4 Å². The number of benzene rings is 2. The van der Waals surface area contributed by atoms with Gasteiger partial charge in [0.1, 0.15) is 0 Å². The maximum atomic E-state index is 13.6. The van der Waals surface area contributed by atoms with E-state index >= 15 is 0 Å². The molecule has 32 heavy (non-hydrogen) atoms. The molecule has 0 aliphatic rings. The molecule has 0 fully saturated rings. The largest absolute Gasteiger partial charge is 0.337 e. The number of nitro groups is 1. The van der Waals surface area contributed by atoms with E-state index < -0.39 is 4.92 Å². The van der Waals surface area contributed by atoms with Crippen LogP contribution in [0.3, 0.4) is 0 Å². The number of imidazole rings is 1. The second kappa shape index (κ2) is 8.88. The summed E-state index contributed by atoms with van der Waals surface area (Å²) in [6, 6.07) is 8.68. The molecule has 2 aromatic carbocycles. The van der Waals surface area contributed by atoms with Crippen LogP contribution in [-0.2, 0) is 6.54 Å². The number of aryl methyl sites for hydroxylation is 3. The van der Waals surface area contributed by atoms with Gasteiger partial charge in [0.2, 0.25) is 0 Å². The zero-order valence-electron chi connectivity index (χ0n) is 18.1. The minimum Gasteiger partial charge on any atom is -0.337 e. The average molecular weight is 450 g/mol. The third-order valence-electron chi connectivity index (χ3n) is 5.50. The zero-order valence-corrected chi connectivity index (χ0v) is 18.9. The average Bonchev–Trinajstić information content (AvgIpc) is 3.44. The van der Waals surface area contributed by atoms with Gasteiger partial charge in [-0.2, -0.15) is 0 Å². The van der Waals surface area contributed by atoms with Gasteiger partial charge in [0.25, 0.3) is 11.6 Å². The van der Waals surface area contributed by atoms with Gasteiger partial charge in [-0.05, 0) is 44.4 Å². The minimum atomic E-state index is -0.458. The van der Waals surface area contributed by atoms with E-state index in [2.05, 4.69) is 11.1 Å². The van der Waals surface area contributed by atoms with Crippen LogP contribution in [0.15, 0.2) is 49.1 Å². The quantitative estimate of drug-likeness (QED) is 0.290. The second-order valence-electron chi connectivity index (χ2n) is 7.69. The van der Waals surface area contributed by atoms with E-state index in [1.807, 2.05) is 30.7 Å². The normalized spacial score (nSPS) is 11.1. The van der Waals surface area contributed by atoms with E-state index in [0.717, 1.165) is 21.3 Å². The van der Waals surface area contributed by atoms with Gasteiger partial charge < -0.3 is 4.57 Å². The van der Waals surface area contributed by atoms with Crippen LogP contribution in [0.25, 0.3) is 10.2 Å². The van der Waals surface area contributed by atoms with E-state index in [0.29, 0.717) is 35.8 Å². The van der Waals surface area contributed by atoms with Crippen LogP contribution >= 0.6 is 11.3 Å². The summed E-state index contributed by atoms with van der Waals surface area (Å²) in [6.45, 7) is 6.76. The number of carbonyl (C=O) groups is 1. The zero-order chi connectivity index (χ0) is 22.8. The fraction of sp³-hybridized carbons (Fsp3) is 0.261. The Kier molecular flexibility index (Phi) is 6.00. The molecule has 0 radical (unpaired) electrons. The Hall–Kier alpha value is -3.59. The smallest absolute Gasteiger partial charge is 0.273 e. The fourth-order valence-corrected chi connectivity index (χ4v) is 4.81. The number of hydrogen-bond donors (Lipinski definition) is 0. The molecule has 0 atom stereocenters. The Morgan fingerprint density at radius 3 is 2.66 bits per heavy atom. The van der Waals surface area contributed by atoms with E-state index in [9.17, 15) is 14.9 Å². The Balaban J connectivity index is 1.73. The highest BCUT2D eigenvalue weighted by atomic mass is 32.1. The molecule has 0 spiro atoms. The number of nitrogens with zero attached hydrogens (tertiary/aromatic N) is 5. The highest BCUT2D eigenvalue weighted by Gasteiger charge is 2.26. The summed E-state index contributed by atoms with van der Waals surface area (Å²) in [5.41, 5.74) is 3.64. The third-order valence-corrected chi connectivity index (χ3v) is 6.71. The molecular formula is C23H23N5O3S. The number of thiazole rings is 1. The van der Waals surface area contributed by atoms with Crippen molar-refractivity contribution >= 4 is 38.3 Å². The molecule has 2 heterocycles. The number of rotatable bonds is 7. The van der Waals surface area contributed by atoms with Crippen molar-refractivity contribution in [2.45, 2.75) is 33.7 Å². The summed E-state index contributed by atoms with van der Waals surface area (Å²) in [5, 5.41) is 12.0. The lowest BCUT2D eigenvalue weighted by Crippen LogP contribution is -2.33. The highest BCUT2D eigenvalue weighted by Crippen LogP contribution is 2.34. The van der Waals surface area contributed by atoms with Gasteiger partial charge in [0, 0.05) is 42.7 Å². The van der Waals surface area contributed by atoms with Crippen LogP contribution < -0.4 is 4.90 Å². The second-order valence-corrected chi connectivity index (χ2v) is 8.67. The van der Waals surface area contributed by atoms with E-state index in [-0.39, 0.29) is 11.6 Å². The first-order valence-electron chi connectivity index (χ1n) is 10.2. The van der Waals surface area contributed by atoms with Crippen LogP contribution in [0.5, 0.6) is 0 Å². The van der Waals surface area contributed by atoms with Crippen LogP contribution in [-0.4, -0.2) is 31.9 Å². The Morgan fingerprint density at radius 1 is 1.19 bits per heavy atom. The van der Waals surface area contributed by atoms with Crippen molar-refractivity contribution in [3.63, 3.8) is 0 Å². The van der Waals surface area contributed by atoms with Gasteiger partial charge in [-0.3, -0.25) is 19.8 Å². The lowest BCUT2D eigenvalue weighted by Gasteiger charge is -2.21. The van der Waals surface area contributed by atoms with Crippen molar-refractivity contribution in [2.24, 2.45) is 0 Å². The number of amides is 1. The number of aromatic nitrogens is 3. The minimum absolute atomic E-state index is 0.0646. The summed E-state index contributed by atoms with van der Waals surface area (Å²) in [7, 11) is 0. The van der Waals surface area contributed by atoms with Crippen LogP contribution in [0, 0.1) is 30.9 Å². The molecule has 164 valence electrons. The number of hydrogen-bond acceptors (Lipinski definition) is 6. The lowest BCUT2D eigenvalue weighted by molar-refractivity contribution is -0.385. The molecule has 8 nitrogen and oxygen atoms in total. The summed E-state index contributed by atoms with van der Waals surface area (Å²) in [6.07, 6.45) is 6.01. The third kappa shape index (κ3) is 4.11. The molecule has 1 amide bonds. The predicted octanol–water partition coefficient (Wildman–Crippen LogP) is 5.06. The molecule has 0 N–H and O–H groups in total. The van der Waals surface area contributed by atoms with Crippen molar-refractivity contribution in [3.8, 4) is 0 Å². The highest BCUT2D eigenvalue weighted by molar-refractivity contribution is 7.22. The standard InChI is InChI=1S/C23H23N5O3S/c1-15-8-9-16(2)21-20(15)25-23(32-21)27(12-5-11-26-13-10-24-14-26)22(29)18-6-4-7-19(17(18)3)28(30)31/h4,6-10,13-14H,5,11-12H2,1-3H3. The molecule has 0 aliphatic carbocycles. The summed E-state index contributed by atoms with van der Waals surface area (Å²) < 4.78 is 3.00. The molecule has 0 bridgehead atoms. The summed E-state index contributed by atoms with van der Waals surface area (Å²) >= 11 is 1.47. The van der Waals surface area contributed by atoms with E-state index in [1.54, 1.807) is 36.5 Å². The maximum absolute atomic E-state index is 13.6. The van der Waals surface area contributed by atoms with Gasteiger partial charge in [-0.15, -0.1) is 0 Å². The molecule has 0 saturated carbocycles. The first kappa shape index (κ1) is 21.6. The maximum Gasteiger partial charge on any atom is 0.273 e. The van der Waals surface area contributed by atoms with Gasteiger partial charge in [-0.1, -0.05) is 29.5 Å². The molecule has 0 saturated heterocycles. The van der Waals surface area contributed by atoms with Crippen LogP contribution in [0.1, 0.15) is 33.5 Å². The number of anilines is 1. The monoisotopic (exact) mass is 449 g/mol. The summed E-state index contributed by atoms with van der Waals surface area (Å²) in [4.78, 5) is 35.1. The first-order valence-corrected chi connectivity index (χ1v) is 11.1. The Bertz CT molecular complexity index is 1260. The van der Waals surface area contributed by atoms with Crippen molar-refractivity contribution < 1.29 is 9.72 Å². The van der Waals surface area contributed by atoms with Gasteiger partial charge in [0.15, 0.2) is 5.13 Å². The Labute approximate surface area is 189 Å². The lowest BCUT2D eigenvalue weighted by atomic mass is 10.1. The van der Waals surface area contributed by atoms with Crippen LogP contribution in [0.2, 0.25) is 0 Å². The van der Waals surface area contributed by atoms with Crippen LogP contribution in [0.4, 0.5) is 10.8 Å². The Morgan fingerprint density at radius 2 is 1.97 bits per heavy atom. The van der Waals surface area contributed by atoms with E-state index in [4.69, 9.17) is 4.98 Å². The molecular weight excluding hydrogens is 426 g/mol. The first-order chi connectivity index (χ1) is 15.4. The van der Waals surface area contributed by atoms with Crippen molar-refractivity contribution in [2.75, 3.05) is 11.4 Å². The summed E-state index contributed by atoms with van der Waals surface area (Å²) in [5.74, 6) is -0.286. The fourth-order valence-electron chi connectivity index (χ4n) is 3.68. The molecule has 4 aromatic rings. The number of nitro benzene ring substituents is 1. The number of fused-ring (bicyclic) bond motifs is 1. The molecule has 0 aliphatic heterocycles. The SMILES string of the molecule is Cc1c(C(=O)N(CCCn2ccnc2)c2nc3c(C)ccc(C)c3s2)cccc1[N+](=O)[O-]. The topological polar surface area (TPSA) is 94.2 Å². The molecule has 4 rings (SSSR count). The number of carbonyl (C=O) groups excluding carboxylic acids is 1. The van der Waals surface area contributed by atoms with Gasteiger partial charge in [-0.25, -0.2) is 9.97 Å². The van der Waals surface area contributed by atoms with Gasteiger partial charge >= 0.3 is 0 Å². The van der Waals surface area contributed by atoms with Crippen molar-refractivity contribution in [1.29, 1.82) is 0 Å². The molecule has 2 aromatic heterocycles. The molecule has 9 heteroatoms. The van der Waals surface area contributed by atoms with E-state index in [1.165, 1.54) is 17.4 Å².